The van der Waals surface area contributed by atoms with Crippen LogP contribution >= 0.6 is 0 Å². The van der Waals surface area contributed by atoms with E-state index < -0.39 is 0 Å². The Balaban J connectivity index is 2.89. The summed E-state index contributed by atoms with van der Waals surface area (Å²) in [6.07, 6.45) is 3.15. The Bertz CT molecular complexity index is 356. The van der Waals surface area contributed by atoms with Crippen LogP contribution in [0.2, 0.25) is 0 Å². The van der Waals surface area contributed by atoms with Gasteiger partial charge in [-0.1, -0.05) is 13.8 Å². The summed E-state index contributed by atoms with van der Waals surface area (Å²) in [6.45, 7) is 6.96. The number of aromatic nitrogens is 2. The predicted octanol–water partition coefficient (Wildman–Crippen LogP) is 2.67. The van der Waals surface area contributed by atoms with Gasteiger partial charge in [0.1, 0.15) is 0 Å². The highest BCUT2D eigenvalue weighted by molar-refractivity contribution is 5.43. The van der Waals surface area contributed by atoms with Crippen molar-refractivity contribution >= 4 is 11.8 Å². The molecule has 5 heteroatoms. The summed E-state index contributed by atoms with van der Waals surface area (Å²) in [4.78, 5) is 9.97. The Labute approximate surface area is 102 Å². The Morgan fingerprint density at radius 2 is 2.18 bits per heavy atom. The maximum atomic E-state index is 13.6. The number of nitrogens with one attached hydrogen (secondary N) is 1. The number of rotatable bonds is 6. The summed E-state index contributed by atoms with van der Waals surface area (Å²) in [5.74, 6) is 0.459. The van der Waals surface area contributed by atoms with Crippen LogP contribution in [0.5, 0.6) is 0 Å². The molecular weight excluding hydrogens is 219 g/mol. The van der Waals surface area contributed by atoms with Gasteiger partial charge >= 0.3 is 0 Å². The van der Waals surface area contributed by atoms with Gasteiger partial charge in [-0.3, -0.25) is 0 Å². The van der Waals surface area contributed by atoms with Crippen molar-refractivity contribution in [3.8, 4) is 0 Å². The molecule has 0 radical (unpaired) electrons. The van der Waals surface area contributed by atoms with Crippen molar-refractivity contribution in [3.05, 3.63) is 12.0 Å². The average Bonchev–Trinajstić information content (AvgIpc) is 2.36. The molecule has 96 valence electrons. The maximum absolute atomic E-state index is 13.6. The summed E-state index contributed by atoms with van der Waals surface area (Å²) in [5.41, 5.74) is 0. The number of anilines is 2. The molecule has 1 aromatic rings. The first-order chi connectivity index (χ1) is 8.10. The molecule has 1 heterocycles. The van der Waals surface area contributed by atoms with E-state index in [2.05, 4.69) is 29.1 Å². The minimum atomic E-state index is -0.380. The molecule has 0 aromatic carbocycles. The lowest BCUT2D eigenvalue weighted by atomic mass is 10.2. The summed E-state index contributed by atoms with van der Waals surface area (Å²) < 4.78 is 13.6. The lowest BCUT2D eigenvalue weighted by molar-refractivity contribution is 0.584. The van der Waals surface area contributed by atoms with E-state index in [1.807, 2.05) is 18.9 Å². The zero-order valence-corrected chi connectivity index (χ0v) is 11.0. The van der Waals surface area contributed by atoms with Gasteiger partial charge in [0.15, 0.2) is 11.6 Å². The standard InChI is InChI=1S/C12H21FN4/c1-5-7-14-12-15-8-10(13)11(16-12)17(4)9(3)6-2/h8-9H,5-7H2,1-4H3,(H,14,15,16). The number of halogens is 1. The molecule has 0 amide bonds. The third-order valence-electron chi connectivity index (χ3n) is 2.84. The van der Waals surface area contributed by atoms with Crippen LogP contribution in [-0.4, -0.2) is 29.6 Å². The van der Waals surface area contributed by atoms with Crippen molar-refractivity contribution < 1.29 is 4.39 Å². The van der Waals surface area contributed by atoms with Crippen LogP contribution in [0, 0.1) is 5.82 Å². The van der Waals surface area contributed by atoms with Gasteiger partial charge in [0.25, 0.3) is 0 Å². The first-order valence-electron chi connectivity index (χ1n) is 6.09. The number of nitrogens with zero attached hydrogens (tertiary/aromatic N) is 3. The molecule has 1 rings (SSSR count). The fraction of sp³-hybridized carbons (Fsp3) is 0.667. The topological polar surface area (TPSA) is 41.1 Å². The molecule has 17 heavy (non-hydrogen) atoms. The third kappa shape index (κ3) is 3.54. The molecule has 0 saturated carbocycles. The van der Waals surface area contributed by atoms with E-state index in [9.17, 15) is 4.39 Å². The van der Waals surface area contributed by atoms with Crippen molar-refractivity contribution in [2.75, 3.05) is 23.8 Å². The van der Waals surface area contributed by atoms with Crippen LogP contribution < -0.4 is 10.2 Å². The van der Waals surface area contributed by atoms with E-state index >= 15 is 0 Å². The van der Waals surface area contributed by atoms with Gasteiger partial charge in [-0.2, -0.15) is 4.98 Å². The van der Waals surface area contributed by atoms with Crippen LogP contribution in [0.25, 0.3) is 0 Å². The largest absolute Gasteiger partial charge is 0.354 e. The van der Waals surface area contributed by atoms with Gasteiger partial charge in [0, 0.05) is 19.6 Å². The van der Waals surface area contributed by atoms with E-state index in [4.69, 9.17) is 0 Å². The SMILES string of the molecule is CCCNc1ncc(F)c(N(C)C(C)CC)n1. The Morgan fingerprint density at radius 3 is 2.76 bits per heavy atom. The van der Waals surface area contributed by atoms with Gasteiger partial charge < -0.3 is 10.2 Å². The molecule has 4 nitrogen and oxygen atoms in total. The van der Waals surface area contributed by atoms with Gasteiger partial charge in [-0.25, -0.2) is 9.37 Å². The predicted molar refractivity (Wildman–Crippen MR) is 68.9 cm³/mol. The molecule has 0 aliphatic carbocycles. The van der Waals surface area contributed by atoms with Gasteiger partial charge in [0.2, 0.25) is 5.95 Å². The molecule has 1 atom stereocenters. The van der Waals surface area contributed by atoms with E-state index in [-0.39, 0.29) is 11.9 Å². The molecule has 0 saturated heterocycles. The van der Waals surface area contributed by atoms with E-state index in [1.165, 1.54) is 6.20 Å². The van der Waals surface area contributed by atoms with E-state index in [0.717, 1.165) is 19.4 Å². The van der Waals surface area contributed by atoms with Crippen molar-refractivity contribution in [1.29, 1.82) is 0 Å². The van der Waals surface area contributed by atoms with E-state index in [0.29, 0.717) is 11.8 Å². The maximum Gasteiger partial charge on any atom is 0.224 e. The number of hydrogen-bond donors (Lipinski definition) is 1. The Morgan fingerprint density at radius 1 is 1.47 bits per heavy atom. The van der Waals surface area contributed by atoms with Crippen molar-refractivity contribution in [3.63, 3.8) is 0 Å². The van der Waals surface area contributed by atoms with Crippen LogP contribution in [0.1, 0.15) is 33.6 Å². The van der Waals surface area contributed by atoms with Crippen LogP contribution in [-0.2, 0) is 0 Å². The first-order valence-corrected chi connectivity index (χ1v) is 6.09. The molecule has 1 aromatic heterocycles. The highest BCUT2D eigenvalue weighted by atomic mass is 19.1. The Kier molecular flexibility index (Phi) is 5.12. The zero-order valence-electron chi connectivity index (χ0n) is 11.0. The molecular formula is C12H21FN4. The second-order valence-corrected chi connectivity index (χ2v) is 4.16. The Hall–Kier alpha value is -1.39. The monoisotopic (exact) mass is 240 g/mol. The second-order valence-electron chi connectivity index (χ2n) is 4.16. The quantitative estimate of drug-likeness (QED) is 0.830. The molecule has 0 aliphatic heterocycles. The van der Waals surface area contributed by atoms with Crippen LogP contribution in [0.15, 0.2) is 6.20 Å². The lowest BCUT2D eigenvalue weighted by Crippen LogP contribution is -2.30. The highest BCUT2D eigenvalue weighted by Crippen LogP contribution is 2.19. The lowest BCUT2D eigenvalue weighted by Gasteiger charge is -2.25. The highest BCUT2D eigenvalue weighted by Gasteiger charge is 2.15. The number of hydrogen-bond acceptors (Lipinski definition) is 4. The summed E-state index contributed by atoms with van der Waals surface area (Å²) in [5, 5.41) is 3.06. The van der Waals surface area contributed by atoms with Gasteiger partial charge in [0.05, 0.1) is 6.20 Å². The van der Waals surface area contributed by atoms with Crippen molar-refractivity contribution in [2.24, 2.45) is 0 Å². The first kappa shape index (κ1) is 13.7. The summed E-state index contributed by atoms with van der Waals surface area (Å²) >= 11 is 0. The minimum absolute atomic E-state index is 0.249. The minimum Gasteiger partial charge on any atom is -0.354 e. The normalized spacial score (nSPS) is 12.3. The molecule has 0 bridgehead atoms. The fourth-order valence-corrected chi connectivity index (χ4v) is 1.41. The molecule has 0 spiro atoms. The third-order valence-corrected chi connectivity index (χ3v) is 2.84. The van der Waals surface area contributed by atoms with Crippen LogP contribution in [0.4, 0.5) is 16.2 Å². The second kappa shape index (κ2) is 6.37. The van der Waals surface area contributed by atoms with E-state index in [1.54, 1.807) is 0 Å². The van der Waals surface area contributed by atoms with Gasteiger partial charge in [-0.15, -0.1) is 0 Å². The smallest absolute Gasteiger partial charge is 0.224 e. The molecule has 0 fully saturated rings. The average molecular weight is 240 g/mol. The molecule has 0 aliphatic rings. The molecule has 1 unspecified atom stereocenters. The summed E-state index contributed by atoms with van der Waals surface area (Å²) in [7, 11) is 1.85. The van der Waals surface area contributed by atoms with Crippen LogP contribution in [0.3, 0.4) is 0 Å². The zero-order chi connectivity index (χ0) is 12.8. The summed E-state index contributed by atoms with van der Waals surface area (Å²) in [6, 6.07) is 0.249. The van der Waals surface area contributed by atoms with Crippen molar-refractivity contribution in [1.82, 2.24) is 9.97 Å². The van der Waals surface area contributed by atoms with Gasteiger partial charge in [-0.05, 0) is 19.8 Å². The molecule has 1 N–H and O–H groups in total. The fourth-order valence-electron chi connectivity index (χ4n) is 1.41. The van der Waals surface area contributed by atoms with Crippen molar-refractivity contribution in [2.45, 2.75) is 39.7 Å².